The molecule has 0 bridgehead atoms. The molecular formula is C15H19ClIN. The molecule has 0 atom stereocenters. The molecule has 1 aliphatic carbocycles. The van der Waals surface area contributed by atoms with Gasteiger partial charge in [-0.15, -0.1) is 0 Å². The van der Waals surface area contributed by atoms with Gasteiger partial charge in [-0.3, -0.25) is 0 Å². The molecule has 0 unspecified atom stereocenters. The first-order valence-electron chi connectivity index (χ1n) is 6.89. The molecule has 0 N–H and O–H groups in total. The highest BCUT2D eigenvalue weighted by Gasteiger charge is 2.42. The van der Waals surface area contributed by atoms with Crippen molar-refractivity contribution in [2.45, 2.75) is 38.5 Å². The lowest BCUT2D eigenvalue weighted by Crippen LogP contribution is -2.56. The monoisotopic (exact) mass is 375 g/mol. The van der Waals surface area contributed by atoms with Gasteiger partial charge in [0.2, 0.25) is 0 Å². The smallest absolute Gasteiger partial charge is 0.0503 e. The Hall–Kier alpha value is 0.0400. The van der Waals surface area contributed by atoms with E-state index in [1.165, 1.54) is 60.9 Å². The minimum absolute atomic E-state index is 0.638. The predicted molar refractivity (Wildman–Crippen MR) is 86.5 cm³/mol. The van der Waals surface area contributed by atoms with E-state index in [9.17, 15) is 0 Å². The van der Waals surface area contributed by atoms with Gasteiger partial charge in [0.1, 0.15) is 0 Å². The van der Waals surface area contributed by atoms with Gasteiger partial charge >= 0.3 is 0 Å². The molecule has 1 saturated carbocycles. The summed E-state index contributed by atoms with van der Waals surface area (Å²) in [5.74, 6) is 0. The van der Waals surface area contributed by atoms with Crippen molar-refractivity contribution in [3.8, 4) is 0 Å². The predicted octanol–water partition coefficient (Wildman–Crippen LogP) is 5.11. The molecule has 1 aromatic rings. The zero-order chi connectivity index (χ0) is 12.6. The van der Waals surface area contributed by atoms with Gasteiger partial charge in [0, 0.05) is 27.1 Å². The standard InChI is InChI=1S/C15H19ClIN/c16-12-5-6-14(13(17)9-12)18-10-15(11-18)7-3-1-2-4-8-15/h5-6,9H,1-4,7-8,10-11H2. The summed E-state index contributed by atoms with van der Waals surface area (Å²) in [7, 11) is 0. The number of nitrogens with zero attached hydrogens (tertiary/aromatic N) is 1. The number of benzene rings is 1. The molecule has 3 rings (SSSR count). The Morgan fingerprint density at radius 1 is 1.06 bits per heavy atom. The van der Waals surface area contributed by atoms with Crippen molar-refractivity contribution in [2.75, 3.05) is 18.0 Å². The Kier molecular flexibility index (Phi) is 3.77. The zero-order valence-electron chi connectivity index (χ0n) is 10.6. The maximum atomic E-state index is 6.02. The molecule has 98 valence electrons. The van der Waals surface area contributed by atoms with Crippen LogP contribution >= 0.6 is 34.2 Å². The third-order valence-electron chi connectivity index (χ3n) is 4.47. The van der Waals surface area contributed by atoms with Gasteiger partial charge in [-0.05, 0) is 53.6 Å². The van der Waals surface area contributed by atoms with E-state index in [2.05, 4.69) is 39.6 Å². The lowest BCUT2D eigenvalue weighted by molar-refractivity contribution is 0.180. The molecule has 1 heterocycles. The van der Waals surface area contributed by atoms with Gasteiger partial charge in [-0.1, -0.05) is 37.3 Å². The lowest BCUT2D eigenvalue weighted by atomic mass is 9.73. The molecule has 1 nitrogen and oxygen atoms in total. The Bertz CT molecular complexity index is 430. The second-order valence-corrected chi connectivity index (χ2v) is 7.46. The number of hydrogen-bond donors (Lipinski definition) is 0. The van der Waals surface area contributed by atoms with Crippen molar-refractivity contribution in [1.82, 2.24) is 0 Å². The summed E-state index contributed by atoms with van der Waals surface area (Å²) in [5, 5.41) is 0.841. The molecule has 0 aromatic heterocycles. The van der Waals surface area contributed by atoms with Crippen molar-refractivity contribution in [1.29, 1.82) is 0 Å². The number of anilines is 1. The molecule has 3 heteroatoms. The maximum absolute atomic E-state index is 6.02. The largest absolute Gasteiger partial charge is 0.369 e. The highest BCUT2D eigenvalue weighted by Crippen LogP contribution is 2.45. The average molecular weight is 376 g/mol. The van der Waals surface area contributed by atoms with Crippen LogP contribution in [0.2, 0.25) is 5.02 Å². The molecule has 0 radical (unpaired) electrons. The van der Waals surface area contributed by atoms with Crippen molar-refractivity contribution in [2.24, 2.45) is 5.41 Å². The fraction of sp³-hybridized carbons (Fsp3) is 0.600. The number of rotatable bonds is 1. The zero-order valence-corrected chi connectivity index (χ0v) is 13.5. The van der Waals surface area contributed by atoms with Gasteiger partial charge in [0.15, 0.2) is 0 Å². The summed E-state index contributed by atoms with van der Waals surface area (Å²) in [4.78, 5) is 2.53. The van der Waals surface area contributed by atoms with Crippen molar-refractivity contribution in [3.63, 3.8) is 0 Å². The van der Waals surface area contributed by atoms with E-state index in [1.807, 2.05) is 6.07 Å². The third kappa shape index (κ3) is 2.51. The van der Waals surface area contributed by atoms with Crippen LogP contribution in [0.25, 0.3) is 0 Å². The molecule has 1 saturated heterocycles. The second-order valence-electron chi connectivity index (χ2n) is 5.87. The Labute approximate surface area is 128 Å². The van der Waals surface area contributed by atoms with Crippen molar-refractivity contribution >= 4 is 39.9 Å². The van der Waals surface area contributed by atoms with Gasteiger partial charge in [-0.2, -0.15) is 0 Å². The highest BCUT2D eigenvalue weighted by molar-refractivity contribution is 14.1. The van der Waals surface area contributed by atoms with E-state index >= 15 is 0 Å². The van der Waals surface area contributed by atoms with E-state index in [4.69, 9.17) is 11.6 Å². The lowest BCUT2D eigenvalue weighted by Gasteiger charge is -2.52. The van der Waals surface area contributed by atoms with Crippen molar-refractivity contribution in [3.05, 3.63) is 26.8 Å². The Morgan fingerprint density at radius 2 is 1.72 bits per heavy atom. The van der Waals surface area contributed by atoms with Crippen LogP contribution in [0.1, 0.15) is 38.5 Å². The molecule has 18 heavy (non-hydrogen) atoms. The van der Waals surface area contributed by atoms with Gasteiger partial charge in [0.25, 0.3) is 0 Å². The van der Waals surface area contributed by atoms with Gasteiger partial charge < -0.3 is 4.90 Å². The summed E-state index contributed by atoms with van der Waals surface area (Å²) >= 11 is 8.42. The molecule has 2 fully saturated rings. The van der Waals surface area contributed by atoms with Crippen molar-refractivity contribution < 1.29 is 0 Å². The minimum atomic E-state index is 0.638. The van der Waals surface area contributed by atoms with Crippen LogP contribution in [0.3, 0.4) is 0 Å². The first kappa shape index (κ1) is 13.0. The fourth-order valence-electron chi connectivity index (χ4n) is 3.47. The normalized spacial score (nSPS) is 22.7. The molecule has 1 spiro atoms. The van der Waals surface area contributed by atoms with E-state index < -0.39 is 0 Å². The first-order valence-corrected chi connectivity index (χ1v) is 8.34. The molecule has 1 aliphatic heterocycles. The van der Waals surface area contributed by atoms with E-state index in [1.54, 1.807) is 0 Å². The maximum Gasteiger partial charge on any atom is 0.0503 e. The summed E-state index contributed by atoms with van der Waals surface area (Å²) in [5.41, 5.74) is 2.01. The van der Waals surface area contributed by atoms with E-state index in [0.717, 1.165) is 5.02 Å². The summed E-state index contributed by atoms with van der Waals surface area (Å²) in [6.07, 6.45) is 8.64. The van der Waals surface area contributed by atoms with Crippen LogP contribution in [0.15, 0.2) is 18.2 Å². The first-order chi connectivity index (χ1) is 8.69. The number of hydrogen-bond acceptors (Lipinski definition) is 1. The molecular weight excluding hydrogens is 357 g/mol. The van der Waals surface area contributed by atoms with Crippen LogP contribution in [-0.4, -0.2) is 13.1 Å². The third-order valence-corrected chi connectivity index (χ3v) is 5.57. The summed E-state index contributed by atoms with van der Waals surface area (Å²) in [6.45, 7) is 2.51. The van der Waals surface area contributed by atoms with Crippen LogP contribution in [0.5, 0.6) is 0 Å². The summed E-state index contributed by atoms with van der Waals surface area (Å²) < 4.78 is 1.28. The molecule has 1 aromatic carbocycles. The Balaban J connectivity index is 1.70. The number of halogens is 2. The minimum Gasteiger partial charge on any atom is -0.369 e. The van der Waals surface area contributed by atoms with Gasteiger partial charge in [-0.25, -0.2) is 0 Å². The van der Waals surface area contributed by atoms with Crippen LogP contribution in [-0.2, 0) is 0 Å². The fourth-order valence-corrected chi connectivity index (χ4v) is 4.68. The van der Waals surface area contributed by atoms with Gasteiger partial charge in [0.05, 0.1) is 5.69 Å². The highest BCUT2D eigenvalue weighted by atomic mass is 127. The Morgan fingerprint density at radius 3 is 2.33 bits per heavy atom. The summed E-state index contributed by atoms with van der Waals surface area (Å²) in [6, 6.07) is 6.25. The van der Waals surface area contributed by atoms with Crippen LogP contribution in [0.4, 0.5) is 5.69 Å². The van der Waals surface area contributed by atoms with E-state index in [-0.39, 0.29) is 0 Å². The quantitative estimate of drug-likeness (QED) is 0.617. The van der Waals surface area contributed by atoms with Crippen LogP contribution < -0.4 is 4.90 Å². The molecule has 2 aliphatic rings. The topological polar surface area (TPSA) is 3.24 Å². The molecule has 0 amide bonds. The second kappa shape index (κ2) is 5.20. The average Bonchev–Trinajstić information content (AvgIpc) is 2.53. The van der Waals surface area contributed by atoms with Crippen LogP contribution in [0, 0.1) is 8.99 Å². The SMILES string of the molecule is Clc1ccc(N2CC3(CCCCCC3)C2)c(I)c1. The van der Waals surface area contributed by atoms with E-state index in [0.29, 0.717) is 5.41 Å².